The van der Waals surface area contributed by atoms with E-state index in [9.17, 15) is 4.79 Å². The van der Waals surface area contributed by atoms with Gasteiger partial charge in [0.25, 0.3) is 0 Å². The van der Waals surface area contributed by atoms with Crippen molar-refractivity contribution in [1.29, 1.82) is 0 Å². The van der Waals surface area contributed by atoms with Crippen molar-refractivity contribution in [2.45, 2.75) is 128 Å². The number of para-hydroxylation sites is 2. The van der Waals surface area contributed by atoms with Gasteiger partial charge in [0.05, 0.1) is 0 Å². The van der Waals surface area contributed by atoms with Gasteiger partial charge in [-0.3, -0.25) is 4.79 Å². The highest BCUT2D eigenvalue weighted by Crippen LogP contribution is 2.46. The molecule has 1 heterocycles. The number of rotatable bonds is 10. The Labute approximate surface area is 273 Å². The first-order valence-electron chi connectivity index (χ1n) is 17.2. The molecule has 5 rings (SSSR count). The second-order valence-corrected chi connectivity index (χ2v) is 20.8. The van der Waals surface area contributed by atoms with Gasteiger partial charge in [0, 0.05) is 35.3 Å². The number of benzene rings is 3. The van der Waals surface area contributed by atoms with Gasteiger partial charge in [0.15, 0.2) is 8.32 Å². The fourth-order valence-electron chi connectivity index (χ4n) is 6.88. The smallest absolute Gasteiger partial charge is 0.225 e. The number of hydrogen-bond donors (Lipinski definition) is 1. The summed E-state index contributed by atoms with van der Waals surface area (Å²) in [6.45, 7) is 18.4. The first-order valence-corrected chi connectivity index (χ1v) is 20.1. The maximum atomic E-state index is 13.8. The lowest BCUT2D eigenvalue weighted by Gasteiger charge is -2.40. The lowest BCUT2D eigenvalue weighted by atomic mass is 9.84. The molecule has 1 unspecified atom stereocenters. The summed E-state index contributed by atoms with van der Waals surface area (Å²) in [7, 11) is -1.88. The molecular weight excluding hydrogens is 571 g/mol. The van der Waals surface area contributed by atoms with E-state index in [0.717, 1.165) is 52.6 Å². The number of hydrogen-bond acceptors (Lipinski definition) is 3. The molecule has 1 N–H and O–H groups in total. The van der Waals surface area contributed by atoms with Gasteiger partial charge in [-0.25, -0.2) is 0 Å². The first-order chi connectivity index (χ1) is 21.2. The molecule has 1 fully saturated rings. The standard InChI is InChI=1S/C40H55NO3Si/c1-39(2,3)34-24-22-29(21-23-30(25-28-15-9-10-16-28)44-45(7,8)40(4,5)6)26-35(34)41-38(42)27-33-31-17-11-13-19-36(31)43-37-20-14-12-18-32(33)37/h11-14,17-20,22,24,26,28,30,33H,9-10,15-16,21,23,25,27H2,1-8H3,(H,41,42). The van der Waals surface area contributed by atoms with Crippen molar-refractivity contribution in [3.05, 3.63) is 89.0 Å². The Morgan fingerprint density at radius 2 is 1.51 bits per heavy atom. The molecule has 0 radical (unpaired) electrons. The number of carbonyl (C=O) groups is 1. The Balaban J connectivity index is 1.35. The summed E-state index contributed by atoms with van der Waals surface area (Å²) in [5, 5.41) is 3.56. The third-order valence-corrected chi connectivity index (χ3v) is 15.0. The molecule has 1 aliphatic carbocycles. The molecule has 0 bridgehead atoms. The van der Waals surface area contributed by atoms with E-state index in [1.807, 2.05) is 36.4 Å². The number of amides is 1. The van der Waals surface area contributed by atoms with Crippen LogP contribution in [0.3, 0.4) is 0 Å². The minimum atomic E-state index is -1.88. The van der Waals surface area contributed by atoms with Crippen LogP contribution < -0.4 is 10.1 Å². The largest absolute Gasteiger partial charge is 0.457 e. The normalized spacial score (nSPS) is 16.5. The molecule has 4 nitrogen and oxygen atoms in total. The lowest BCUT2D eigenvalue weighted by molar-refractivity contribution is -0.116. The molecule has 2 aliphatic rings. The molecular formula is C40H55NO3Si. The van der Waals surface area contributed by atoms with Gasteiger partial charge >= 0.3 is 0 Å². The van der Waals surface area contributed by atoms with Crippen molar-refractivity contribution in [2.24, 2.45) is 5.92 Å². The molecule has 1 aliphatic heterocycles. The Morgan fingerprint density at radius 3 is 2.09 bits per heavy atom. The SMILES string of the molecule is CC(C)(C)c1ccc(CCC(CC2CCCC2)O[Si](C)(C)C(C)(C)C)cc1NC(=O)CC1c2ccccc2Oc2ccccc21. The van der Waals surface area contributed by atoms with Gasteiger partial charge in [0.2, 0.25) is 5.91 Å². The minimum Gasteiger partial charge on any atom is -0.457 e. The highest BCUT2D eigenvalue weighted by Gasteiger charge is 2.39. The van der Waals surface area contributed by atoms with Crippen molar-refractivity contribution in [3.63, 3.8) is 0 Å². The second kappa shape index (κ2) is 13.5. The van der Waals surface area contributed by atoms with Gasteiger partial charge in [-0.1, -0.05) is 116 Å². The van der Waals surface area contributed by atoms with Crippen LogP contribution in [0.2, 0.25) is 18.1 Å². The summed E-state index contributed by atoms with van der Waals surface area (Å²) in [5.74, 6) is 2.42. The average Bonchev–Trinajstić information content (AvgIpc) is 3.47. The van der Waals surface area contributed by atoms with Crippen LogP contribution in [-0.2, 0) is 21.1 Å². The number of anilines is 1. The Morgan fingerprint density at radius 1 is 0.911 bits per heavy atom. The maximum absolute atomic E-state index is 13.8. The van der Waals surface area contributed by atoms with E-state index in [0.29, 0.717) is 6.42 Å². The second-order valence-electron chi connectivity index (χ2n) is 16.0. The van der Waals surface area contributed by atoms with E-state index >= 15 is 0 Å². The van der Waals surface area contributed by atoms with Crippen molar-refractivity contribution in [3.8, 4) is 11.5 Å². The van der Waals surface area contributed by atoms with Gasteiger partial charge in [-0.15, -0.1) is 0 Å². The van der Waals surface area contributed by atoms with Gasteiger partial charge in [-0.05, 0) is 78.1 Å². The minimum absolute atomic E-state index is 0.0227. The summed E-state index contributed by atoms with van der Waals surface area (Å²) in [4.78, 5) is 13.8. The van der Waals surface area contributed by atoms with E-state index in [2.05, 4.69) is 90.3 Å². The molecule has 0 spiro atoms. The Bertz CT molecular complexity index is 1430. The van der Waals surface area contributed by atoms with Crippen LogP contribution in [0.25, 0.3) is 0 Å². The molecule has 0 saturated heterocycles. The van der Waals surface area contributed by atoms with Crippen LogP contribution in [0.4, 0.5) is 5.69 Å². The van der Waals surface area contributed by atoms with E-state index in [4.69, 9.17) is 9.16 Å². The summed E-state index contributed by atoms with van der Waals surface area (Å²) in [6, 6.07) is 22.9. The van der Waals surface area contributed by atoms with Gasteiger partial charge in [-0.2, -0.15) is 0 Å². The summed E-state index contributed by atoms with van der Waals surface area (Å²) in [5.41, 5.74) is 5.37. The Kier molecular flexibility index (Phi) is 10.0. The highest BCUT2D eigenvalue weighted by atomic mass is 28.4. The predicted octanol–water partition coefficient (Wildman–Crippen LogP) is 11.2. The predicted molar refractivity (Wildman–Crippen MR) is 190 cm³/mol. The zero-order valence-electron chi connectivity index (χ0n) is 29.0. The first kappa shape index (κ1) is 33.5. The monoisotopic (exact) mass is 625 g/mol. The molecule has 5 heteroatoms. The van der Waals surface area contributed by atoms with Crippen LogP contribution in [0, 0.1) is 5.92 Å². The van der Waals surface area contributed by atoms with Crippen molar-refractivity contribution in [2.75, 3.05) is 5.32 Å². The van der Waals surface area contributed by atoms with Crippen LogP contribution in [-0.4, -0.2) is 20.3 Å². The molecule has 0 aromatic heterocycles. The van der Waals surface area contributed by atoms with Crippen LogP contribution in [0.5, 0.6) is 11.5 Å². The van der Waals surface area contributed by atoms with Crippen LogP contribution in [0.1, 0.15) is 115 Å². The molecule has 242 valence electrons. The highest BCUT2D eigenvalue weighted by molar-refractivity contribution is 6.74. The third-order valence-electron chi connectivity index (χ3n) is 10.5. The molecule has 1 atom stereocenters. The van der Waals surface area contributed by atoms with Crippen LogP contribution >= 0.6 is 0 Å². The fraction of sp³-hybridized carbons (Fsp3) is 0.525. The molecule has 45 heavy (non-hydrogen) atoms. The molecule has 3 aromatic rings. The number of carbonyl (C=O) groups excluding carboxylic acids is 1. The molecule has 3 aromatic carbocycles. The quantitative estimate of drug-likeness (QED) is 0.228. The molecule has 1 saturated carbocycles. The fourth-order valence-corrected chi connectivity index (χ4v) is 8.28. The molecule has 1 amide bonds. The summed E-state index contributed by atoms with van der Waals surface area (Å²) in [6.07, 6.45) is 9.18. The van der Waals surface area contributed by atoms with Gasteiger partial charge < -0.3 is 14.5 Å². The van der Waals surface area contributed by atoms with Crippen molar-refractivity contribution < 1.29 is 14.0 Å². The number of fused-ring (bicyclic) bond motifs is 2. The average molecular weight is 626 g/mol. The number of aryl methyl sites for hydroxylation is 1. The van der Waals surface area contributed by atoms with Crippen molar-refractivity contribution in [1.82, 2.24) is 0 Å². The number of nitrogens with one attached hydrogen (secondary N) is 1. The Hall–Kier alpha value is -2.89. The van der Waals surface area contributed by atoms with E-state index in [1.54, 1.807) is 0 Å². The lowest BCUT2D eigenvalue weighted by Crippen LogP contribution is -2.44. The topological polar surface area (TPSA) is 47.6 Å². The van der Waals surface area contributed by atoms with E-state index < -0.39 is 8.32 Å². The summed E-state index contributed by atoms with van der Waals surface area (Å²) >= 11 is 0. The number of ether oxygens (including phenoxy) is 1. The van der Waals surface area contributed by atoms with Crippen LogP contribution in [0.15, 0.2) is 66.7 Å². The maximum Gasteiger partial charge on any atom is 0.225 e. The third kappa shape index (κ3) is 8.10. The van der Waals surface area contributed by atoms with Gasteiger partial charge in [0.1, 0.15) is 11.5 Å². The summed E-state index contributed by atoms with van der Waals surface area (Å²) < 4.78 is 13.2. The van der Waals surface area contributed by atoms with Crippen molar-refractivity contribution >= 4 is 19.9 Å². The van der Waals surface area contributed by atoms with E-state index in [-0.39, 0.29) is 28.4 Å². The van der Waals surface area contributed by atoms with E-state index in [1.165, 1.54) is 37.7 Å². The zero-order valence-corrected chi connectivity index (χ0v) is 30.0. The zero-order chi connectivity index (χ0) is 32.4.